The SMILES string of the molecule is COCC(O)CNC(C)c1c[nH]c2cc(F)ccc12. The first-order chi connectivity index (χ1) is 9.11. The molecule has 104 valence electrons. The molecule has 1 aromatic heterocycles. The molecule has 19 heavy (non-hydrogen) atoms. The molecule has 2 atom stereocenters. The van der Waals surface area contributed by atoms with E-state index in [0.29, 0.717) is 13.2 Å². The number of halogens is 1. The summed E-state index contributed by atoms with van der Waals surface area (Å²) in [5.74, 6) is -0.253. The van der Waals surface area contributed by atoms with E-state index in [9.17, 15) is 9.50 Å². The molecule has 0 amide bonds. The van der Waals surface area contributed by atoms with Crippen LogP contribution in [-0.4, -0.2) is 36.5 Å². The van der Waals surface area contributed by atoms with Crippen LogP contribution in [0.1, 0.15) is 18.5 Å². The zero-order chi connectivity index (χ0) is 13.8. The molecular weight excluding hydrogens is 247 g/mol. The molecule has 0 aliphatic rings. The Labute approximate surface area is 111 Å². The Morgan fingerprint density at radius 1 is 1.47 bits per heavy atom. The minimum atomic E-state index is -0.532. The van der Waals surface area contributed by atoms with Crippen LogP contribution in [0.3, 0.4) is 0 Å². The number of H-pyrrole nitrogens is 1. The van der Waals surface area contributed by atoms with E-state index >= 15 is 0 Å². The van der Waals surface area contributed by atoms with Crippen molar-refractivity contribution in [2.75, 3.05) is 20.3 Å². The number of aromatic amines is 1. The average Bonchev–Trinajstić information content (AvgIpc) is 2.79. The summed E-state index contributed by atoms with van der Waals surface area (Å²) in [5, 5.41) is 13.8. The molecule has 0 saturated carbocycles. The average molecular weight is 266 g/mol. The van der Waals surface area contributed by atoms with Gasteiger partial charge in [-0.05, 0) is 30.7 Å². The molecule has 0 fully saturated rings. The highest BCUT2D eigenvalue weighted by atomic mass is 19.1. The van der Waals surface area contributed by atoms with Crippen LogP contribution in [0, 0.1) is 5.82 Å². The van der Waals surface area contributed by atoms with Crippen LogP contribution < -0.4 is 5.32 Å². The Morgan fingerprint density at radius 3 is 3.00 bits per heavy atom. The summed E-state index contributed by atoms with van der Waals surface area (Å²) in [5.41, 5.74) is 1.83. The standard InChI is InChI=1S/C14H19FN2O2/c1-9(16-6-11(18)8-19-2)13-7-17-14-5-10(15)3-4-12(13)14/h3-5,7,9,11,16-18H,6,8H2,1-2H3. The quantitative estimate of drug-likeness (QED) is 0.749. The first-order valence-electron chi connectivity index (χ1n) is 6.28. The molecule has 0 spiro atoms. The van der Waals surface area contributed by atoms with Gasteiger partial charge in [0.15, 0.2) is 0 Å². The topological polar surface area (TPSA) is 57.3 Å². The molecule has 0 saturated heterocycles. The highest BCUT2D eigenvalue weighted by molar-refractivity contribution is 5.83. The van der Waals surface area contributed by atoms with Crippen molar-refractivity contribution in [3.63, 3.8) is 0 Å². The van der Waals surface area contributed by atoms with Crippen LogP contribution in [0.25, 0.3) is 10.9 Å². The first kappa shape index (κ1) is 14.0. The molecule has 2 rings (SSSR count). The van der Waals surface area contributed by atoms with Gasteiger partial charge in [-0.15, -0.1) is 0 Å². The third-order valence-corrected chi connectivity index (χ3v) is 3.16. The minimum Gasteiger partial charge on any atom is -0.389 e. The highest BCUT2D eigenvalue weighted by Crippen LogP contribution is 2.24. The summed E-state index contributed by atoms with van der Waals surface area (Å²) in [6.45, 7) is 2.76. The van der Waals surface area contributed by atoms with Crippen molar-refractivity contribution in [2.45, 2.75) is 19.1 Å². The van der Waals surface area contributed by atoms with Gasteiger partial charge in [-0.2, -0.15) is 0 Å². The molecule has 0 radical (unpaired) electrons. The van der Waals surface area contributed by atoms with E-state index in [2.05, 4.69) is 10.3 Å². The van der Waals surface area contributed by atoms with E-state index in [-0.39, 0.29) is 11.9 Å². The van der Waals surface area contributed by atoms with E-state index in [1.54, 1.807) is 13.2 Å². The van der Waals surface area contributed by atoms with Crippen molar-refractivity contribution in [2.24, 2.45) is 0 Å². The fourth-order valence-electron chi connectivity index (χ4n) is 2.15. The van der Waals surface area contributed by atoms with Crippen LogP contribution in [-0.2, 0) is 4.74 Å². The maximum Gasteiger partial charge on any atom is 0.125 e. The molecule has 2 unspecified atom stereocenters. The third kappa shape index (κ3) is 3.32. The van der Waals surface area contributed by atoms with E-state index in [1.807, 2.05) is 13.1 Å². The van der Waals surface area contributed by atoms with Gasteiger partial charge in [0.05, 0.1) is 12.7 Å². The number of methoxy groups -OCH3 is 1. The molecule has 4 nitrogen and oxygen atoms in total. The molecule has 1 aromatic carbocycles. The Kier molecular flexibility index (Phi) is 4.52. The largest absolute Gasteiger partial charge is 0.389 e. The summed E-state index contributed by atoms with van der Waals surface area (Å²) in [6, 6.07) is 4.75. The Hall–Kier alpha value is -1.43. The fourth-order valence-corrected chi connectivity index (χ4v) is 2.15. The smallest absolute Gasteiger partial charge is 0.125 e. The van der Waals surface area contributed by atoms with Crippen LogP contribution in [0.15, 0.2) is 24.4 Å². The van der Waals surface area contributed by atoms with Crippen LogP contribution in [0.2, 0.25) is 0 Å². The lowest BCUT2D eigenvalue weighted by Crippen LogP contribution is -2.31. The molecule has 3 N–H and O–H groups in total. The number of hydrogen-bond acceptors (Lipinski definition) is 3. The number of ether oxygens (including phenoxy) is 1. The number of aliphatic hydroxyl groups excluding tert-OH is 1. The van der Waals surface area contributed by atoms with Gasteiger partial charge >= 0.3 is 0 Å². The van der Waals surface area contributed by atoms with Crippen molar-refractivity contribution >= 4 is 10.9 Å². The lowest BCUT2D eigenvalue weighted by molar-refractivity contribution is 0.0631. The van der Waals surface area contributed by atoms with E-state index in [1.165, 1.54) is 12.1 Å². The number of nitrogens with one attached hydrogen (secondary N) is 2. The fraction of sp³-hybridized carbons (Fsp3) is 0.429. The number of aromatic nitrogens is 1. The summed E-state index contributed by atoms with van der Waals surface area (Å²) >= 11 is 0. The molecule has 0 aliphatic heterocycles. The van der Waals surface area contributed by atoms with Gasteiger partial charge in [-0.1, -0.05) is 0 Å². The lowest BCUT2D eigenvalue weighted by Gasteiger charge is -2.16. The molecule has 0 aliphatic carbocycles. The van der Waals surface area contributed by atoms with Crippen LogP contribution >= 0.6 is 0 Å². The van der Waals surface area contributed by atoms with Crippen LogP contribution in [0.4, 0.5) is 4.39 Å². The molecule has 2 aromatic rings. The third-order valence-electron chi connectivity index (χ3n) is 3.16. The summed E-state index contributed by atoms with van der Waals surface area (Å²) in [7, 11) is 1.56. The van der Waals surface area contributed by atoms with Crippen molar-refractivity contribution in [1.82, 2.24) is 10.3 Å². The van der Waals surface area contributed by atoms with Gasteiger partial charge in [-0.25, -0.2) is 4.39 Å². The second-order valence-corrected chi connectivity index (χ2v) is 4.67. The van der Waals surface area contributed by atoms with Crippen molar-refractivity contribution < 1.29 is 14.2 Å². The van der Waals surface area contributed by atoms with Crippen molar-refractivity contribution in [3.8, 4) is 0 Å². The zero-order valence-electron chi connectivity index (χ0n) is 11.1. The lowest BCUT2D eigenvalue weighted by atomic mass is 10.1. The highest BCUT2D eigenvalue weighted by Gasteiger charge is 2.13. The normalized spacial score (nSPS) is 14.7. The van der Waals surface area contributed by atoms with E-state index < -0.39 is 6.10 Å². The van der Waals surface area contributed by atoms with Gasteiger partial charge in [0.1, 0.15) is 5.82 Å². The molecule has 0 bridgehead atoms. The second kappa shape index (κ2) is 6.14. The van der Waals surface area contributed by atoms with E-state index in [4.69, 9.17) is 4.74 Å². The number of hydrogen-bond donors (Lipinski definition) is 3. The Bertz CT molecular complexity index is 541. The van der Waals surface area contributed by atoms with Gasteiger partial charge in [0.2, 0.25) is 0 Å². The summed E-state index contributed by atoms with van der Waals surface area (Å²) < 4.78 is 18.0. The number of aliphatic hydroxyl groups is 1. The minimum absolute atomic E-state index is 0.0608. The molecule has 5 heteroatoms. The number of fused-ring (bicyclic) bond motifs is 1. The summed E-state index contributed by atoms with van der Waals surface area (Å²) in [6.07, 6.45) is 1.33. The Balaban J connectivity index is 2.07. The number of benzene rings is 1. The first-order valence-corrected chi connectivity index (χ1v) is 6.28. The predicted molar refractivity (Wildman–Crippen MR) is 72.6 cm³/mol. The molecule has 1 heterocycles. The maximum atomic E-state index is 13.1. The van der Waals surface area contributed by atoms with Crippen molar-refractivity contribution in [1.29, 1.82) is 0 Å². The van der Waals surface area contributed by atoms with Crippen LogP contribution in [0.5, 0.6) is 0 Å². The predicted octanol–water partition coefficient (Wildman–Crippen LogP) is 1.96. The second-order valence-electron chi connectivity index (χ2n) is 4.67. The van der Waals surface area contributed by atoms with Gasteiger partial charge < -0.3 is 20.1 Å². The number of rotatable bonds is 6. The van der Waals surface area contributed by atoms with Gasteiger partial charge in [0.25, 0.3) is 0 Å². The Morgan fingerprint density at radius 2 is 2.26 bits per heavy atom. The zero-order valence-corrected chi connectivity index (χ0v) is 11.1. The van der Waals surface area contributed by atoms with E-state index in [0.717, 1.165) is 16.5 Å². The van der Waals surface area contributed by atoms with Crippen molar-refractivity contribution in [3.05, 3.63) is 35.8 Å². The molecular formula is C14H19FN2O2. The summed E-state index contributed by atoms with van der Waals surface area (Å²) in [4.78, 5) is 3.06. The van der Waals surface area contributed by atoms with Gasteiger partial charge in [0, 0.05) is 36.8 Å². The maximum absolute atomic E-state index is 13.1. The monoisotopic (exact) mass is 266 g/mol. The van der Waals surface area contributed by atoms with Gasteiger partial charge in [-0.3, -0.25) is 0 Å².